The summed E-state index contributed by atoms with van der Waals surface area (Å²) in [5.41, 5.74) is 0. The fourth-order valence-corrected chi connectivity index (χ4v) is 2.02. The minimum Gasteiger partial charge on any atom is -0.393 e. The van der Waals surface area contributed by atoms with Crippen molar-refractivity contribution in [1.82, 2.24) is 14.9 Å². The van der Waals surface area contributed by atoms with Crippen LogP contribution in [0.25, 0.3) is 0 Å². The summed E-state index contributed by atoms with van der Waals surface area (Å²) in [6.45, 7) is 3.34. The van der Waals surface area contributed by atoms with E-state index in [0.29, 0.717) is 5.95 Å². The first-order valence-electron chi connectivity index (χ1n) is 6.17. The van der Waals surface area contributed by atoms with Gasteiger partial charge in [-0.15, -0.1) is 0 Å². The predicted molar refractivity (Wildman–Crippen MR) is 66.9 cm³/mol. The van der Waals surface area contributed by atoms with Crippen LogP contribution in [0.1, 0.15) is 19.8 Å². The number of aromatic nitrogens is 2. The van der Waals surface area contributed by atoms with Gasteiger partial charge in [-0.2, -0.15) is 0 Å². The molecule has 2 N–H and O–H groups in total. The molecule has 0 unspecified atom stereocenters. The zero-order valence-corrected chi connectivity index (χ0v) is 10.4. The molecule has 0 radical (unpaired) electrons. The van der Waals surface area contributed by atoms with Crippen LogP contribution in [-0.4, -0.2) is 51.1 Å². The second-order valence-corrected chi connectivity index (χ2v) is 4.50. The molecule has 0 aromatic carbocycles. The molecule has 1 aromatic rings. The normalized spacial score (nSPS) is 19.4. The maximum Gasteiger partial charge on any atom is 0.243 e. The Balaban J connectivity index is 1.89. The molecular formula is C12H18N4O2. The lowest BCUT2D eigenvalue weighted by Crippen LogP contribution is -2.47. The van der Waals surface area contributed by atoms with Crippen LogP contribution in [0.3, 0.4) is 0 Å². The van der Waals surface area contributed by atoms with Crippen molar-refractivity contribution in [2.24, 2.45) is 0 Å². The van der Waals surface area contributed by atoms with Gasteiger partial charge in [-0.05, 0) is 25.8 Å². The van der Waals surface area contributed by atoms with Gasteiger partial charge < -0.3 is 5.11 Å². The number of piperidine rings is 1. The number of carbonyl (C=O) groups is 1. The molecule has 18 heavy (non-hydrogen) atoms. The van der Waals surface area contributed by atoms with E-state index in [1.807, 2.05) is 6.92 Å². The molecule has 1 amide bonds. The highest BCUT2D eigenvalue weighted by molar-refractivity contribution is 5.93. The summed E-state index contributed by atoms with van der Waals surface area (Å²) in [7, 11) is 0. The Labute approximate surface area is 106 Å². The number of aliphatic hydroxyl groups is 1. The van der Waals surface area contributed by atoms with Crippen molar-refractivity contribution in [3.8, 4) is 0 Å². The monoisotopic (exact) mass is 250 g/mol. The molecule has 6 heteroatoms. The standard InChI is InChI=1S/C12H18N4O2/c1-9(16-7-3-10(17)4-8-16)11(18)15-12-13-5-2-6-14-12/h2,5-6,9-10,17H,3-4,7-8H2,1H3,(H,13,14,15,18)/t9-/m0/s1. The maximum absolute atomic E-state index is 12.0. The van der Waals surface area contributed by atoms with E-state index in [1.165, 1.54) is 0 Å². The van der Waals surface area contributed by atoms with Crippen LogP contribution in [0.15, 0.2) is 18.5 Å². The Bertz CT molecular complexity index is 390. The number of carbonyl (C=O) groups excluding carboxylic acids is 1. The molecule has 0 bridgehead atoms. The molecule has 1 aliphatic rings. The van der Waals surface area contributed by atoms with Gasteiger partial charge in [0.1, 0.15) is 0 Å². The molecule has 2 rings (SSSR count). The molecule has 1 atom stereocenters. The number of anilines is 1. The molecule has 1 fully saturated rings. The molecule has 1 aliphatic heterocycles. The van der Waals surface area contributed by atoms with Crippen molar-refractivity contribution < 1.29 is 9.90 Å². The third-order valence-electron chi connectivity index (χ3n) is 3.23. The number of hydrogen-bond acceptors (Lipinski definition) is 5. The fourth-order valence-electron chi connectivity index (χ4n) is 2.02. The molecule has 0 saturated carbocycles. The second kappa shape index (κ2) is 5.88. The van der Waals surface area contributed by atoms with E-state index >= 15 is 0 Å². The van der Waals surface area contributed by atoms with Crippen LogP contribution in [0.4, 0.5) is 5.95 Å². The number of nitrogens with zero attached hydrogens (tertiary/aromatic N) is 3. The van der Waals surface area contributed by atoms with E-state index in [0.717, 1.165) is 25.9 Å². The smallest absolute Gasteiger partial charge is 0.243 e. The lowest BCUT2D eigenvalue weighted by molar-refractivity contribution is -0.121. The highest BCUT2D eigenvalue weighted by Gasteiger charge is 2.25. The van der Waals surface area contributed by atoms with Gasteiger partial charge in [0, 0.05) is 25.5 Å². The van der Waals surface area contributed by atoms with Crippen LogP contribution >= 0.6 is 0 Å². The summed E-state index contributed by atoms with van der Waals surface area (Å²) in [6, 6.07) is 1.46. The summed E-state index contributed by atoms with van der Waals surface area (Å²) in [4.78, 5) is 22.0. The van der Waals surface area contributed by atoms with Gasteiger partial charge in [0.05, 0.1) is 12.1 Å². The summed E-state index contributed by atoms with van der Waals surface area (Å²) in [5.74, 6) is 0.212. The molecular weight excluding hydrogens is 232 g/mol. The van der Waals surface area contributed by atoms with Crippen LogP contribution < -0.4 is 5.32 Å². The quantitative estimate of drug-likeness (QED) is 0.804. The van der Waals surface area contributed by atoms with Crippen LogP contribution in [0, 0.1) is 0 Å². The minimum atomic E-state index is -0.235. The highest BCUT2D eigenvalue weighted by Crippen LogP contribution is 2.13. The number of amides is 1. The third kappa shape index (κ3) is 3.24. The van der Waals surface area contributed by atoms with Gasteiger partial charge in [-0.1, -0.05) is 0 Å². The van der Waals surface area contributed by atoms with Gasteiger partial charge in [0.25, 0.3) is 0 Å². The van der Waals surface area contributed by atoms with Crippen molar-refractivity contribution in [3.63, 3.8) is 0 Å². The van der Waals surface area contributed by atoms with Crippen molar-refractivity contribution in [3.05, 3.63) is 18.5 Å². The average molecular weight is 250 g/mol. The van der Waals surface area contributed by atoms with E-state index < -0.39 is 0 Å². The number of nitrogens with one attached hydrogen (secondary N) is 1. The molecule has 98 valence electrons. The maximum atomic E-state index is 12.0. The van der Waals surface area contributed by atoms with E-state index in [-0.39, 0.29) is 18.1 Å². The summed E-state index contributed by atoms with van der Waals surface area (Å²) >= 11 is 0. The Kier molecular flexibility index (Phi) is 4.22. The average Bonchev–Trinajstić information content (AvgIpc) is 2.40. The lowest BCUT2D eigenvalue weighted by Gasteiger charge is -2.33. The SMILES string of the molecule is C[C@@H](C(=O)Nc1ncccn1)N1CCC(O)CC1. The summed E-state index contributed by atoms with van der Waals surface area (Å²) in [6.07, 6.45) is 4.39. The largest absolute Gasteiger partial charge is 0.393 e. The van der Waals surface area contributed by atoms with E-state index in [2.05, 4.69) is 20.2 Å². The third-order valence-corrected chi connectivity index (χ3v) is 3.23. The van der Waals surface area contributed by atoms with Crippen LogP contribution in [-0.2, 0) is 4.79 Å². The van der Waals surface area contributed by atoms with Crippen molar-refractivity contribution in [2.75, 3.05) is 18.4 Å². The zero-order valence-electron chi connectivity index (χ0n) is 10.4. The first-order chi connectivity index (χ1) is 8.66. The van der Waals surface area contributed by atoms with Gasteiger partial charge >= 0.3 is 0 Å². The number of likely N-dealkylation sites (tertiary alicyclic amines) is 1. The van der Waals surface area contributed by atoms with Gasteiger partial charge in [-0.3, -0.25) is 15.0 Å². The first kappa shape index (κ1) is 12.9. The Morgan fingerprint density at radius 1 is 1.44 bits per heavy atom. The van der Waals surface area contributed by atoms with E-state index in [9.17, 15) is 9.90 Å². The Morgan fingerprint density at radius 2 is 2.06 bits per heavy atom. The molecule has 1 aromatic heterocycles. The van der Waals surface area contributed by atoms with Crippen molar-refractivity contribution in [1.29, 1.82) is 0 Å². The van der Waals surface area contributed by atoms with E-state index in [1.54, 1.807) is 18.5 Å². The first-order valence-corrected chi connectivity index (χ1v) is 6.17. The molecule has 6 nitrogen and oxygen atoms in total. The summed E-state index contributed by atoms with van der Waals surface area (Å²) in [5, 5.41) is 12.1. The van der Waals surface area contributed by atoms with Crippen LogP contribution in [0.5, 0.6) is 0 Å². The van der Waals surface area contributed by atoms with Crippen molar-refractivity contribution in [2.45, 2.75) is 31.9 Å². The lowest BCUT2D eigenvalue weighted by atomic mass is 10.1. The Hall–Kier alpha value is -1.53. The van der Waals surface area contributed by atoms with Gasteiger partial charge in [-0.25, -0.2) is 9.97 Å². The van der Waals surface area contributed by atoms with E-state index in [4.69, 9.17) is 0 Å². The topological polar surface area (TPSA) is 78.4 Å². The minimum absolute atomic E-state index is 0.113. The van der Waals surface area contributed by atoms with Crippen molar-refractivity contribution >= 4 is 11.9 Å². The zero-order chi connectivity index (χ0) is 13.0. The molecule has 2 heterocycles. The fraction of sp³-hybridized carbons (Fsp3) is 0.583. The van der Waals surface area contributed by atoms with Crippen LogP contribution in [0.2, 0.25) is 0 Å². The molecule has 1 saturated heterocycles. The molecule has 0 spiro atoms. The second-order valence-electron chi connectivity index (χ2n) is 4.50. The Morgan fingerprint density at radius 3 is 2.67 bits per heavy atom. The molecule has 0 aliphatic carbocycles. The summed E-state index contributed by atoms with van der Waals surface area (Å²) < 4.78 is 0. The van der Waals surface area contributed by atoms with Gasteiger partial charge in [0.2, 0.25) is 11.9 Å². The van der Waals surface area contributed by atoms with Gasteiger partial charge in [0.15, 0.2) is 0 Å². The highest BCUT2D eigenvalue weighted by atomic mass is 16.3. The predicted octanol–water partition coefficient (Wildman–Crippen LogP) is 0.260. The number of aliphatic hydroxyl groups excluding tert-OH is 1. The number of hydrogen-bond donors (Lipinski definition) is 2. The number of rotatable bonds is 3.